The van der Waals surface area contributed by atoms with Crippen LogP contribution in [-0.2, 0) is 11.2 Å². The van der Waals surface area contributed by atoms with Crippen molar-refractivity contribution in [2.75, 3.05) is 35.2 Å². The number of urea groups is 1. The van der Waals surface area contributed by atoms with Gasteiger partial charge in [-0.05, 0) is 48.6 Å². The first kappa shape index (κ1) is 17.4. The van der Waals surface area contributed by atoms with Gasteiger partial charge in [0, 0.05) is 43.1 Å². The summed E-state index contributed by atoms with van der Waals surface area (Å²) in [5, 5.41) is 8.68. The molecule has 1 saturated heterocycles. The van der Waals surface area contributed by atoms with Crippen molar-refractivity contribution < 1.29 is 9.59 Å². The third kappa shape index (κ3) is 4.22. The summed E-state index contributed by atoms with van der Waals surface area (Å²) in [7, 11) is 0. The Hall–Kier alpha value is -3.02. The average Bonchev–Trinajstić information content (AvgIpc) is 3.16. The predicted octanol–water partition coefficient (Wildman–Crippen LogP) is 3.22. The normalized spacial score (nSPS) is 18.6. The van der Waals surface area contributed by atoms with Gasteiger partial charge in [0.05, 0.1) is 0 Å². The number of amides is 3. The summed E-state index contributed by atoms with van der Waals surface area (Å²) < 4.78 is 0. The summed E-state index contributed by atoms with van der Waals surface area (Å²) in [6.45, 7) is 2.62. The van der Waals surface area contributed by atoms with E-state index in [1.54, 1.807) is 0 Å². The maximum atomic E-state index is 12.2. The Balaban J connectivity index is 1.27. The summed E-state index contributed by atoms with van der Waals surface area (Å²) in [4.78, 5) is 26.1. The first-order valence-corrected chi connectivity index (χ1v) is 9.45. The molecule has 3 N–H and O–H groups in total. The molecule has 140 valence electrons. The van der Waals surface area contributed by atoms with Crippen molar-refractivity contribution in [1.29, 1.82) is 0 Å². The molecule has 1 fully saturated rings. The monoisotopic (exact) mass is 364 g/mol. The summed E-state index contributed by atoms with van der Waals surface area (Å²) in [5.41, 5.74) is 3.82. The number of rotatable bonds is 4. The molecule has 0 radical (unpaired) electrons. The Morgan fingerprint density at radius 1 is 1.15 bits per heavy atom. The van der Waals surface area contributed by atoms with Crippen LogP contribution in [0.2, 0.25) is 0 Å². The summed E-state index contributed by atoms with van der Waals surface area (Å²) in [6.07, 6.45) is 2.33. The number of carbonyl (C=O) groups is 2. The maximum Gasteiger partial charge on any atom is 0.319 e. The number of nitrogens with zero attached hydrogens (tertiary/aromatic N) is 1. The van der Waals surface area contributed by atoms with Gasteiger partial charge in [-0.25, -0.2) is 4.79 Å². The second-order valence-corrected chi connectivity index (χ2v) is 7.19. The smallest absolute Gasteiger partial charge is 0.319 e. The third-order valence-corrected chi connectivity index (χ3v) is 5.22. The van der Waals surface area contributed by atoms with Crippen LogP contribution in [0.3, 0.4) is 0 Å². The lowest BCUT2D eigenvalue weighted by Gasteiger charge is -2.19. The lowest BCUT2D eigenvalue weighted by molar-refractivity contribution is -0.116. The fraction of sp³-hybridized carbons (Fsp3) is 0.333. The lowest BCUT2D eigenvalue weighted by atomic mass is 10.0. The summed E-state index contributed by atoms with van der Waals surface area (Å²) in [5.74, 6) is 0.465. The van der Waals surface area contributed by atoms with Crippen LogP contribution in [0.4, 0.5) is 21.9 Å². The Bertz CT molecular complexity index is 837. The molecule has 1 atom stereocenters. The number of nitrogens with one attached hydrogen (secondary N) is 3. The molecule has 0 bridgehead atoms. The van der Waals surface area contributed by atoms with Crippen LogP contribution < -0.4 is 20.9 Å². The highest BCUT2D eigenvalue weighted by atomic mass is 16.2. The molecule has 2 aromatic carbocycles. The Morgan fingerprint density at radius 2 is 2.00 bits per heavy atom. The van der Waals surface area contributed by atoms with Crippen LogP contribution in [0, 0.1) is 5.92 Å². The fourth-order valence-corrected chi connectivity index (χ4v) is 3.73. The highest BCUT2D eigenvalue weighted by molar-refractivity contribution is 5.96. The largest absolute Gasteiger partial charge is 0.371 e. The van der Waals surface area contributed by atoms with Gasteiger partial charge >= 0.3 is 6.03 Å². The Labute approximate surface area is 158 Å². The molecule has 6 heteroatoms. The summed E-state index contributed by atoms with van der Waals surface area (Å²) in [6, 6.07) is 15.8. The number of anilines is 3. The minimum Gasteiger partial charge on any atom is -0.371 e. The van der Waals surface area contributed by atoms with E-state index in [0.29, 0.717) is 24.6 Å². The van der Waals surface area contributed by atoms with Gasteiger partial charge in [0.1, 0.15) is 0 Å². The quantitative estimate of drug-likeness (QED) is 0.780. The van der Waals surface area contributed by atoms with Gasteiger partial charge in [-0.2, -0.15) is 0 Å². The molecule has 1 unspecified atom stereocenters. The van der Waals surface area contributed by atoms with E-state index in [-0.39, 0.29) is 11.9 Å². The van der Waals surface area contributed by atoms with E-state index in [0.717, 1.165) is 37.2 Å². The SMILES string of the molecule is O=C1CCc2ccc(NC(=O)NCC3CCN(c4ccccc4)C3)cc2N1. The molecule has 27 heavy (non-hydrogen) atoms. The zero-order valence-corrected chi connectivity index (χ0v) is 15.2. The van der Waals surface area contributed by atoms with Crippen molar-refractivity contribution in [3.63, 3.8) is 0 Å². The van der Waals surface area contributed by atoms with Gasteiger partial charge in [-0.1, -0.05) is 24.3 Å². The molecule has 2 aromatic rings. The molecule has 2 heterocycles. The molecule has 6 nitrogen and oxygen atoms in total. The van der Waals surface area contributed by atoms with E-state index in [1.165, 1.54) is 5.69 Å². The van der Waals surface area contributed by atoms with Gasteiger partial charge in [-0.15, -0.1) is 0 Å². The molecule has 2 aliphatic heterocycles. The number of hydrogen-bond acceptors (Lipinski definition) is 3. The van der Waals surface area contributed by atoms with Crippen molar-refractivity contribution in [2.45, 2.75) is 19.3 Å². The molecule has 4 rings (SSSR count). The maximum absolute atomic E-state index is 12.2. The molecule has 0 aliphatic carbocycles. The first-order chi connectivity index (χ1) is 13.2. The van der Waals surface area contributed by atoms with Crippen LogP contribution in [0.5, 0.6) is 0 Å². The van der Waals surface area contributed by atoms with Crippen LogP contribution in [0.1, 0.15) is 18.4 Å². The number of carbonyl (C=O) groups excluding carboxylic acids is 2. The van der Waals surface area contributed by atoms with Crippen molar-refractivity contribution in [1.82, 2.24) is 5.32 Å². The molecule has 0 spiro atoms. The van der Waals surface area contributed by atoms with Crippen molar-refractivity contribution in [3.05, 3.63) is 54.1 Å². The highest BCUT2D eigenvalue weighted by Gasteiger charge is 2.23. The number of benzene rings is 2. The molecule has 0 saturated carbocycles. The van der Waals surface area contributed by atoms with E-state index < -0.39 is 0 Å². The minimum atomic E-state index is -0.213. The molecular weight excluding hydrogens is 340 g/mol. The topological polar surface area (TPSA) is 73.5 Å². The van der Waals surface area contributed by atoms with E-state index >= 15 is 0 Å². The average molecular weight is 364 g/mol. The van der Waals surface area contributed by atoms with Crippen molar-refractivity contribution in [3.8, 4) is 0 Å². The Kier molecular flexibility index (Phi) is 4.96. The van der Waals surface area contributed by atoms with Crippen LogP contribution in [0.15, 0.2) is 48.5 Å². The number of hydrogen-bond donors (Lipinski definition) is 3. The fourth-order valence-electron chi connectivity index (χ4n) is 3.73. The second kappa shape index (κ2) is 7.70. The second-order valence-electron chi connectivity index (χ2n) is 7.19. The first-order valence-electron chi connectivity index (χ1n) is 9.45. The van der Waals surface area contributed by atoms with E-state index in [2.05, 4.69) is 45.1 Å². The zero-order chi connectivity index (χ0) is 18.6. The van der Waals surface area contributed by atoms with Gasteiger partial charge in [0.25, 0.3) is 0 Å². The van der Waals surface area contributed by atoms with E-state index in [9.17, 15) is 9.59 Å². The molecule has 3 amide bonds. The van der Waals surface area contributed by atoms with Gasteiger partial charge in [0.15, 0.2) is 0 Å². The van der Waals surface area contributed by atoms with Crippen LogP contribution in [0.25, 0.3) is 0 Å². The van der Waals surface area contributed by atoms with E-state index in [1.807, 2.05) is 24.3 Å². The third-order valence-electron chi connectivity index (χ3n) is 5.22. The van der Waals surface area contributed by atoms with E-state index in [4.69, 9.17) is 0 Å². The number of aryl methyl sites for hydroxylation is 1. The number of fused-ring (bicyclic) bond motifs is 1. The summed E-state index contributed by atoms with van der Waals surface area (Å²) >= 11 is 0. The van der Waals surface area contributed by atoms with Crippen molar-refractivity contribution >= 4 is 29.0 Å². The zero-order valence-electron chi connectivity index (χ0n) is 15.2. The van der Waals surface area contributed by atoms with Gasteiger partial charge in [0.2, 0.25) is 5.91 Å². The Morgan fingerprint density at radius 3 is 2.85 bits per heavy atom. The van der Waals surface area contributed by atoms with Gasteiger partial charge < -0.3 is 20.9 Å². The molecule has 2 aliphatic rings. The predicted molar refractivity (Wildman–Crippen MR) is 107 cm³/mol. The standard InChI is InChI=1S/C21H24N4O2/c26-20-9-7-16-6-8-17(12-19(16)24-20)23-21(27)22-13-15-10-11-25(14-15)18-4-2-1-3-5-18/h1-6,8,12,15H,7,9-11,13-14H2,(H,24,26)(H2,22,23,27). The van der Waals surface area contributed by atoms with Gasteiger partial charge in [-0.3, -0.25) is 4.79 Å². The lowest BCUT2D eigenvalue weighted by Crippen LogP contribution is -2.34. The molecule has 0 aromatic heterocycles. The van der Waals surface area contributed by atoms with Crippen molar-refractivity contribution in [2.24, 2.45) is 5.92 Å². The van der Waals surface area contributed by atoms with Crippen LogP contribution >= 0.6 is 0 Å². The number of para-hydroxylation sites is 1. The molecular formula is C21H24N4O2. The van der Waals surface area contributed by atoms with Crippen LogP contribution in [-0.4, -0.2) is 31.6 Å². The highest BCUT2D eigenvalue weighted by Crippen LogP contribution is 2.26. The minimum absolute atomic E-state index is 0.0216.